The first-order valence-corrected chi connectivity index (χ1v) is 7.09. The maximum atomic E-state index is 11.9. The van der Waals surface area contributed by atoms with E-state index in [-0.39, 0.29) is 5.25 Å². The van der Waals surface area contributed by atoms with E-state index in [1.807, 2.05) is 0 Å². The van der Waals surface area contributed by atoms with Gasteiger partial charge in [-0.25, -0.2) is 8.42 Å². The Bertz CT molecular complexity index is 291. The summed E-state index contributed by atoms with van der Waals surface area (Å²) < 4.78 is 25.4. The Kier molecular flexibility index (Phi) is 4.14. The van der Waals surface area contributed by atoms with Gasteiger partial charge < -0.3 is 0 Å². The van der Waals surface area contributed by atoms with Crippen molar-refractivity contribution in [3.05, 3.63) is 0 Å². The van der Waals surface area contributed by atoms with Crippen LogP contribution in [0.25, 0.3) is 0 Å². The molecule has 15 heavy (non-hydrogen) atoms. The van der Waals surface area contributed by atoms with Crippen molar-refractivity contribution >= 4 is 10.0 Å². The molecule has 4 nitrogen and oxygen atoms in total. The average molecular weight is 234 g/mol. The molecular formula is C10H22N2O2S. The Morgan fingerprint density at radius 2 is 1.40 bits per heavy atom. The van der Waals surface area contributed by atoms with Crippen molar-refractivity contribution in [2.45, 2.75) is 39.0 Å². The number of hydrogen-bond acceptors (Lipinski definition) is 3. The van der Waals surface area contributed by atoms with Gasteiger partial charge in [0.15, 0.2) is 0 Å². The van der Waals surface area contributed by atoms with Crippen LogP contribution in [0.3, 0.4) is 0 Å². The summed E-state index contributed by atoms with van der Waals surface area (Å²) in [6.07, 6.45) is 0. The van der Waals surface area contributed by atoms with Crippen LogP contribution < -0.4 is 0 Å². The van der Waals surface area contributed by atoms with Crippen molar-refractivity contribution in [2.24, 2.45) is 0 Å². The lowest BCUT2D eigenvalue weighted by Gasteiger charge is -2.36. The molecule has 0 radical (unpaired) electrons. The first-order chi connectivity index (χ1) is 6.85. The van der Waals surface area contributed by atoms with Gasteiger partial charge in [0.1, 0.15) is 0 Å². The highest BCUT2D eigenvalue weighted by Gasteiger charge is 2.29. The third-order valence-corrected chi connectivity index (χ3v) is 5.24. The maximum absolute atomic E-state index is 11.9. The molecule has 90 valence electrons. The van der Waals surface area contributed by atoms with Gasteiger partial charge >= 0.3 is 0 Å². The van der Waals surface area contributed by atoms with Crippen LogP contribution in [-0.2, 0) is 10.0 Å². The minimum atomic E-state index is -3.04. The van der Waals surface area contributed by atoms with Crippen LogP contribution in [0.4, 0.5) is 0 Å². The van der Waals surface area contributed by atoms with Gasteiger partial charge in [0.2, 0.25) is 10.0 Å². The standard InChI is InChI=1S/C10H22N2O2S/c1-9(2)11-5-7-12(8-6-11)15(13,14)10(3)4/h9-10H,5-8H2,1-4H3. The fourth-order valence-corrected chi connectivity index (χ4v) is 3.04. The number of rotatable bonds is 3. The first kappa shape index (κ1) is 12.9. The molecule has 1 saturated heterocycles. The van der Waals surface area contributed by atoms with E-state index in [1.54, 1.807) is 18.2 Å². The van der Waals surface area contributed by atoms with Gasteiger partial charge in [0.05, 0.1) is 5.25 Å². The number of sulfonamides is 1. The summed E-state index contributed by atoms with van der Waals surface area (Å²) in [7, 11) is -3.04. The normalized spacial score (nSPS) is 21.5. The van der Waals surface area contributed by atoms with Crippen molar-refractivity contribution in [2.75, 3.05) is 26.2 Å². The summed E-state index contributed by atoms with van der Waals surface area (Å²) in [5.74, 6) is 0. The van der Waals surface area contributed by atoms with Crippen molar-refractivity contribution in [3.63, 3.8) is 0 Å². The predicted octanol–water partition coefficient (Wildman–Crippen LogP) is 0.751. The Hall–Kier alpha value is -0.130. The van der Waals surface area contributed by atoms with Crippen LogP contribution in [0.2, 0.25) is 0 Å². The monoisotopic (exact) mass is 234 g/mol. The summed E-state index contributed by atoms with van der Waals surface area (Å²) in [5.41, 5.74) is 0. The fourth-order valence-electron chi connectivity index (χ4n) is 1.77. The van der Waals surface area contributed by atoms with Crippen molar-refractivity contribution < 1.29 is 8.42 Å². The second-order valence-corrected chi connectivity index (χ2v) is 7.11. The molecule has 0 aromatic rings. The van der Waals surface area contributed by atoms with Crippen molar-refractivity contribution in [1.82, 2.24) is 9.21 Å². The van der Waals surface area contributed by atoms with Gasteiger partial charge in [0, 0.05) is 32.2 Å². The van der Waals surface area contributed by atoms with E-state index in [9.17, 15) is 8.42 Å². The molecule has 1 aliphatic heterocycles. The zero-order valence-corrected chi connectivity index (χ0v) is 10.9. The highest BCUT2D eigenvalue weighted by atomic mass is 32.2. The summed E-state index contributed by atoms with van der Waals surface area (Å²) in [6.45, 7) is 10.7. The van der Waals surface area contributed by atoms with E-state index >= 15 is 0 Å². The fraction of sp³-hybridized carbons (Fsp3) is 1.00. The third-order valence-electron chi connectivity index (χ3n) is 2.96. The molecule has 0 spiro atoms. The minimum absolute atomic E-state index is 0.303. The Morgan fingerprint density at radius 1 is 0.933 bits per heavy atom. The summed E-state index contributed by atoms with van der Waals surface area (Å²) in [4.78, 5) is 2.31. The lowest BCUT2D eigenvalue weighted by molar-refractivity contribution is 0.153. The smallest absolute Gasteiger partial charge is 0.216 e. The molecule has 5 heteroatoms. The van der Waals surface area contributed by atoms with Crippen LogP contribution >= 0.6 is 0 Å². The molecule has 1 rings (SSSR count). The second-order valence-electron chi connectivity index (χ2n) is 4.62. The molecule has 0 amide bonds. The molecule has 0 saturated carbocycles. The molecule has 0 aromatic heterocycles. The predicted molar refractivity (Wildman–Crippen MR) is 62.3 cm³/mol. The van der Waals surface area contributed by atoms with E-state index in [2.05, 4.69) is 18.7 Å². The van der Waals surface area contributed by atoms with Gasteiger partial charge in [0.25, 0.3) is 0 Å². The number of hydrogen-bond donors (Lipinski definition) is 0. The van der Waals surface area contributed by atoms with E-state index in [0.717, 1.165) is 13.1 Å². The zero-order chi connectivity index (χ0) is 11.6. The lowest BCUT2D eigenvalue weighted by atomic mass is 10.3. The summed E-state index contributed by atoms with van der Waals surface area (Å²) in [6, 6.07) is 0.508. The second kappa shape index (κ2) is 4.80. The lowest BCUT2D eigenvalue weighted by Crippen LogP contribution is -2.52. The van der Waals surface area contributed by atoms with E-state index < -0.39 is 10.0 Å². The van der Waals surface area contributed by atoms with Gasteiger partial charge in [-0.1, -0.05) is 0 Å². The van der Waals surface area contributed by atoms with Crippen LogP contribution in [0.5, 0.6) is 0 Å². The van der Waals surface area contributed by atoms with Crippen LogP contribution in [0.15, 0.2) is 0 Å². The molecule has 1 heterocycles. The summed E-state index contributed by atoms with van der Waals surface area (Å²) in [5, 5.41) is -0.303. The van der Waals surface area contributed by atoms with Crippen LogP contribution in [0.1, 0.15) is 27.7 Å². The van der Waals surface area contributed by atoms with Gasteiger partial charge in [-0.05, 0) is 27.7 Å². The van der Waals surface area contributed by atoms with Gasteiger partial charge in [-0.15, -0.1) is 0 Å². The van der Waals surface area contributed by atoms with Crippen LogP contribution in [0, 0.1) is 0 Å². The van der Waals surface area contributed by atoms with Gasteiger partial charge in [-0.2, -0.15) is 4.31 Å². The molecule has 0 bridgehead atoms. The highest BCUT2D eigenvalue weighted by Crippen LogP contribution is 2.13. The molecule has 0 N–H and O–H groups in total. The topological polar surface area (TPSA) is 40.6 Å². The molecule has 0 unspecified atom stereocenters. The number of piperazine rings is 1. The largest absolute Gasteiger partial charge is 0.298 e. The van der Waals surface area contributed by atoms with E-state index in [1.165, 1.54) is 0 Å². The molecule has 0 aromatic carbocycles. The maximum Gasteiger partial charge on any atom is 0.216 e. The van der Waals surface area contributed by atoms with Gasteiger partial charge in [-0.3, -0.25) is 4.90 Å². The molecular weight excluding hydrogens is 212 g/mol. The van der Waals surface area contributed by atoms with Crippen molar-refractivity contribution in [3.8, 4) is 0 Å². The van der Waals surface area contributed by atoms with E-state index in [4.69, 9.17) is 0 Å². The number of nitrogens with zero attached hydrogens (tertiary/aromatic N) is 2. The first-order valence-electron chi connectivity index (χ1n) is 5.58. The third kappa shape index (κ3) is 2.92. The quantitative estimate of drug-likeness (QED) is 0.723. The molecule has 0 aliphatic carbocycles. The average Bonchev–Trinajstić information content (AvgIpc) is 2.17. The Morgan fingerprint density at radius 3 is 1.73 bits per heavy atom. The van der Waals surface area contributed by atoms with Crippen molar-refractivity contribution in [1.29, 1.82) is 0 Å². The Balaban J connectivity index is 2.58. The zero-order valence-electron chi connectivity index (χ0n) is 10.1. The summed E-state index contributed by atoms with van der Waals surface area (Å²) >= 11 is 0. The van der Waals surface area contributed by atoms with E-state index in [0.29, 0.717) is 19.1 Å². The molecule has 1 aliphatic rings. The molecule has 1 fully saturated rings. The Labute approximate surface area is 93.3 Å². The SMILES string of the molecule is CC(C)N1CCN(S(=O)(=O)C(C)C)CC1. The molecule has 0 atom stereocenters. The minimum Gasteiger partial charge on any atom is -0.298 e. The van der Waals surface area contributed by atoms with Crippen LogP contribution in [-0.4, -0.2) is 55.1 Å². The highest BCUT2D eigenvalue weighted by molar-refractivity contribution is 7.89.